The lowest BCUT2D eigenvalue weighted by molar-refractivity contribution is 0.0467. The summed E-state index contributed by atoms with van der Waals surface area (Å²) in [6.07, 6.45) is 1.43. The highest BCUT2D eigenvalue weighted by atomic mass is 16.5. The largest absolute Gasteiger partial charge is 0.455 e. The van der Waals surface area contributed by atoms with Crippen LogP contribution in [0.2, 0.25) is 0 Å². The van der Waals surface area contributed by atoms with E-state index in [9.17, 15) is 14.4 Å². The van der Waals surface area contributed by atoms with Gasteiger partial charge in [-0.25, -0.2) is 9.78 Å². The fourth-order valence-electron chi connectivity index (χ4n) is 2.80. The first kappa shape index (κ1) is 16.7. The molecule has 1 aliphatic rings. The van der Waals surface area contributed by atoms with Gasteiger partial charge in [0.05, 0.1) is 16.7 Å². The number of fused-ring (bicyclic) bond motifs is 1. The fraction of sp³-hybridized carbons (Fsp3) is 0.100. The van der Waals surface area contributed by atoms with Gasteiger partial charge in [-0.1, -0.05) is 18.2 Å². The van der Waals surface area contributed by atoms with Gasteiger partial charge in [-0.05, 0) is 30.3 Å². The predicted molar refractivity (Wildman–Crippen MR) is 93.9 cm³/mol. The summed E-state index contributed by atoms with van der Waals surface area (Å²) < 4.78 is 10.6. The molecule has 3 aromatic rings. The van der Waals surface area contributed by atoms with Crippen LogP contribution in [0.25, 0.3) is 11.5 Å². The molecule has 2 aromatic carbocycles. The molecule has 2 amide bonds. The summed E-state index contributed by atoms with van der Waals surface area (Å²) in [5.41, 5.74) is 1.96. The number of ether oxygens (including phenoxy) is 1. The first-order chi connectivity index (χ1) is 13.0. The first-order valence-electron chi connectivity index (χ1n) is 8.18. The van der Waals surface area contributed by atoms with E-state index >= 15 is 0 Å². The zero-order valence-corrected chi connectivity index (χ0v) is 14.3. The SMILES string of the molecule is CN1C(=O)c2ccc(C(=O)OCc3coc(-c4ccccc4)n3)cc2C1=O. The molecule has 1 aliphatic heterocycles. The number of esters is 1. The Morgan fingerprint density at radius 1 is 1.07 bits per heavy atom. The van der Waals surface area contributed by atoms with Gasteiger partial charge in [0.2, 0.25) is 5.89 Å². The Hall–Kier alpha value is -3.74. The molecule has 0 N–H and O–H groups in total. The maximum absolute atomic E-state index is 12.3. The van der Waals surface area contributed by atoms with Gasteiger partial charge in [0.15, 0.2) is 0 Å². The average molecular weight is 362 g/mol. The number of aromatic nitrogens is 1. The normalized spacial score (nSPS) is 13.0. The number of oxazole rings is 1. The zero-order valence-electron chi connectivity index (χ0n) is 14.3. The quantitative estimate of drug-likeness (QED) is 0.524. The summed E-state index contributed by atoms with van der Waals surface area (Å²) >= 11 is 0. The lowest BCUT2D eigenvalue weighted by Crippen LogP contribution is -2.24. The van der Waals surface area contributed by atoms with E-state index in [0.717, 1.165) is 10.5 Å². The molecular formula is C20H14N2O5. The molecule has 2 heterocycles. The van der Waals surface area contributed by atoms with Crippen molar-refractivity contribution in [2.24, 2.45) is 0 Å². The van der Waals surface area contributed by atoms with Gasteiger partial charge in [-0.3, -0.25) is 14.5 Å². The van der Waals surface area contributed by atoms with Crippen LogP contribution in [0, 0.1) is 0 Å². The number of rotatable bonds is 4. The van der Waals surface area contributed by atoms with Gasteiger partial charge >= 0.3 is 5.97 Å². The second-order valence-electron chi connectivity index (χ2n) is 6.02. The Morgan fingerprint density at radius 3 is 2.59 bits per heavy atom. The molecule has 1 aromatic heterocycles. The lowest BCUT2D eigenvalue weighted by Gasteiger charge is -2.04. The summed E-state index contributed by atoms with van der Waals surface area (Å²) in [4.78, 5) is 41.5. The highest BCUT2D eigenvalue weighted by molar-refractivity contribution is 6.21. The molecule has 0 fully saturated rings. The molecule has 27 heavy (non-hydrogen) atoms. The second kappa shape index (κ2) is 6.53. The summed E-state index contributed by atoms with van der Waals surface area (Å²) in [5, 5.41) is 0. The van der Waals surface area contributed by atoms with Gasteiger partial charge in [-0.2, -0.15) is 0 Å². The smallest absolute Gasteiger partial charge is 0.338 e. The number of hydrogen-bond donors (Lipinski definition) is 0. The number of imide groups is 1. The van der Waals surface area contributed by atoms with Crippen molar-refractivity contribution in [3.63, 3.8) is 0 Å². The number of nitrogens with zero attached hydrogens (tertiary/aromatic N) is 2. The molecule has 4 rings (SSSR count). The molecule has 7 heteroatoms. The predicted octanol–water partition coefficient (Wildman–Crippen LogP) is 2.92. The molecule has 0 bridgehead atoms. The number of carbonyl (C=O) groups is 3. The average Bonchev–Trinajstić information content (AvgIpc) is 3.26. The highest BCUT2D eigenvalue weighted by Gasteiger charge is 2.33. The Balaban J connectivity index is 1.46. The van der Waals surface area contributed by atoms with Crippen molar-refractivity contribution in [2.75, 3.05) is 7.05 Å². The first-order valence-corrected chi connectivity index (χ1v) is 8.18. The fourth-order valence-corrected chi connectivity index (χ4v) is 2.80. The van der Waals surface area contributed by atoms with Gasteiger partial charge in [0.25, 0.3) is 11.8 Å². The van der Waals surface area contributed by atoms with Crippen molar-refractivity contribution >= 4 is 17.8 Å². The number of amides is 2. The van der Waals surface area contributed by atoms with Gasteiger partial charge in [-0.15, -0.1) is 0 Å². The van der Waals surface area contributed by atoms with Gasteiger partial charge in [0, 0.05) is 12.6 Å². The van der Waals surface area contributed by atoms with Crippen molar-refractivity contribution in [1.29, 1.82) is 0 Å². The van der Waals surface area contributed by atoms with Crippen LogP contribution in [0.15, 0.2) is 59.2 Å². The third-order valence-electron chi connectivity index (χ3n) is 4.25. The van der Waals surface area contributed by atoms with Gasteiger partial charge in [0.1, 0.15) is 18.6 Å². The molecule has 0 atom stereocenters. The molecular weight excluding hydrogens is 348 g/mol. The lowest BCUT2D eigenvalue weighted by atomic mass is 10.1. The molecule has 7 nitrogen and oxygen atoms in total. The third-order valence-corrected chi connectivity index (χ3v) is 4.25. The summed E-state index contributed by atoms with van der Waals surface area (Å²) in [5.74, 6) is -0.997. The molecule has 0 saturated carbocycles. The van der Waals surface area contributed by atoms with Gasteiger partial charge < -0.3 is 9.15 Å². The van der Waals surface area contributed by atoms with Crippen LogP contribution in [-0.4, -0.2) is 34.7 Å². The number of carbonyl (C=O) groups excluding carboxylic acids is 3. The topological polar surface area (TPSA) is 89.7 Å². The summed E-state index contributed by atoms with van der Waals surface area (Å²) in [7, 11) is 1.40. The zero-order chi connectivity index (χ0) is 19.0. The Kier molecular flexibility index (Phi) is 4.04. The Labute approximate surface area is 154 Å². The van der Waals surface area contributed by atoms with Crippen LogP contribution < -0.4 is 0 Å². The van der Waals surface area contributed by atoms with E-state index in [1.165, 1.54) is 31.5 Å². The van der Waals surface area contributed by atoms with Crippen molar-refractivity contribution in [3.8, 4) is 11.5 Å². The van der Waals surface area contributed by atoms with E-state index in [1.807, 2.05) is 30.3 Å². The van der Waals surface area contributed by atoms with Crippen LogP contribution >= 0.6 is 0 Å². The van der Waals surface area contributed by atoms with Crippen molar-refractivity contribution < 1.29 is 23.5 Å². The molecule has 134 valence electrons. The Bertz CT molecular complexity index is 1060. The van der Waals surface area contributed by atoms with Crippen LogP contribution in [0.5, 0.6) is 0 Å². The minimum Gasteiger partial charge on any atom is -0.455 e. The maximum atomic E-state index is 12.3. The van der Waals surface area contributed by atoms with E-state index in [1.54, 1.807) is 0 Å². The van der Waals surface area contributed by atoms with E-state index in [4.69, 9.17) is 9.15 Å². The van der Waals surface area contributed by atoms with Crippen LogP contribution in [0.3, 0.4) is 0 Å². The molecule has 0 saturated heterocycles. The summed E-state index contributed by atoms with van der Waals surface area (Å²) in [6.45, 7) is -0.0704. The van der Waals surface area contributed by atoms with Crippen LogP contribution in [0.4, 0.5) is 0 Å². The highest BCUT2D eigenvalue weighted by Crippen LogP contribution is 2.23. The Morgan fingerprint density at radius 2 is 1.81 bits per heavy atom. The van der Waals surface area contributed by atoms with E-state index in [-0.39, 0.29) is 29.2 Å². The van der Waals surface area contributed by atoms with E-state index < -0.39 is 11.9 Å². The minimum absolute atomic E-state index is 0.0704. The van der Waals surface area contributed by atoms with Crippen molar-refractivity contribution in [2.45, 2.75) is 6.61 Å². The van der Waals surface area contributed by atoms with E-state index in [0.29, 0.717) is 11.6 Å². The van der Waals surface area contributed by atoms with Crippen LogP contribution in [0.1, 0.15) is 36.8 Å². The molecule has 0 spiro atoms. The van der Waals surface area contributed by atoms with E-state index in [2.05, 4.69) is 4.98 Å². The van der Waals surface area contributed by atoms with Crippen LogP contribution in [-0.2, 0) is 11.3 Å². The number of hydrogen-bond acceptors (Lipinski definition) is 6. The minimum atomic E-state index is -0.614. The maximum Gasteiger partial charge on any atom is 0.338 e. The monoisotopic (exact) mass is 362 g/mol. The third kappa shape index (κ3) is 2.99. The number of benzene rings is 2. The standard InChI is InChI=1S/C20H14N2O5/c1-22-18(23)15-8-7-13(9-16(15)19(22)24)20(25)27-11-14-10-26-17(21-14)12-5-3-2-4-6-12/h2-10H,11H2,1H3. The molecule has 0 radical (unpaired) electrons. The van der Waals surface area contributed by atoms with Crippen molar-refractivity contribution in [1.82, 2.24) is 9.88 Å². The van der Waals surface area contributed by atoms with Crippen molar-refractivity contribution in [3.05, 3.63) is 77.2 Å². The second-order valence-corrected chi connectivity index (χ2v) is 6.02. The molecule has 0 unspecified atom stereocenters. The summed E-state index contributed by atoms with van der Waals surface area (Å²) in [6, 6.07) is 13.7. The molecule has 0 aliphatic carbocycles.